The van der Waals surface area contributed by atoms with E-state index in [1.165, 1.54) is 0 Å². The van der Waals surface area contributed by atoms with E-state index in [2.05, 4.69) is 10.6 Å². The Morgan fingerprint density at radius 1 is 1.45 bits per heavy atom. The number of rotatable bonds is 6. The van der Waals surface area contributed by atoms with Gasteiger partial charge in [-0.3, -0.25) is 4.79 Å². The van der Waals surface area contributed by atoms with Gasteiger partial charge >= 0.3 is 0 Å². The lowest BCUT2D eigenvalue weighted by Gasteiger charge is -2.10. The van der Waals surface area contributed by atoms with Gasteiger partial charge in [0.05, 0.1) is 4.88 Å². The van der Waals surface area contributed by atoms with Crippen molar-refractivity contribution in [3.05, 3.63) is 35.4 Å². The van der Waals surface area contributed by atoms with Crippen molar-refractivity contribution in [3.63, 3.8) is 0 Å². The fourth-order valence-electron chi connectivity index (χ4n) is 2.55. The van der Waals surface area contributed by atoms with Gasteiger partial charge in [0.1, 0.15) is 17.7 Å². The van der Waals surface area contributed by atoms with Crippen LogP contribution in [0, 0.1) is 0 Å². The van der Waals surface area contributed by atoms with Crippen molar-refractivity contribution in [2.45, 2.75) is 31.5 Å². The number of carbonyl (C=O) groups is 1. The molecule has 2 atom stereocenters. The fraction of sp³-hybridized carbons (Fsp3) is 0.438. The number of thiophene rings is 1. The van der Waals surface area contributed by atoms with Crippen molar-refractivity contribution < 1.29 is 13.6 Å². The van der Waals surface area contributed by atoms with Gasteiger partial charge in [-0.05, 0) is 30.0 Å². The van der Waals surface area contributed by atoms with Gasteiger partial charge < -0.3 is 15.1 Å². The first-order valence-corrected chi connectivity index (χ1v) is 8.35. The van der Waals surface area contributed by atoms with Crippen LogP contribution in [-0.4, -0.2) is 31.2 Å². The SMILES string of the molecule is O=C(CCc1ccc(-c2cccs2)o1)NCC1CC(F)CN1. The minimum absolute atomic E-state index is 0.0295. The zero-order chi connectivity index (χ0) is 15.4. The number of halogens is 1. The van der Waals surface area contributed by atoms with Crippen LogP contribution in [0.15, 0.2) is 34.1 Å². The molecule has 0 bridgehead atoms. The predicted molar refractivity (Wildman–Crippen MR) is 84.7 cm³/mol. The minimum atomic E-state index is -0.791. The molecule has 0 radical (unpaired) electrons. The highest BCUT2D eigenvalue weighted by Crippen LogP contribution is 2.26. The van der Waals surface area contributed by atoms with Crippen LogP contribution >= 0.6 is 11.3 Å². The average molecular weight is 322 g/mol. The van der Waals surface area contributed by atoms with Gasteiger partial charge in [0.25, 0.3) is 0 Å². The summed E-state index contributed by atoms with van der Waals surface area (Å²) in [6, 6.07) is 7.88. The third-order valence-corrected chi connectivity index (χ3v) is 4.62. The highest BCUT2D eigenvalue weighted by Gasteiger charge is 2.23. The molecule has 6 heteroatoms. The molecule has 2 unspecified atom stereocenters. The summed E-state index contributed by atoms with van der Waals surface area (Å²) in [6.07, 6.45) is 0.632. The Bertz CT molecular complexity index is 611. The summed E-state index contributed by atoms with van der Waals surface area (Å²) in [4.78, 5) is 12.9. The largest absolute Gasteiger partial charge is 0.460 e. The maximum Gasteiger partial charge on any atom is 0.220 e. The van der Waals surface area contributed by atoms with E-state index in [9.17, 15) is 9.18 Å². The Kier molecular flexibility index (Phi) is 4.90. The smallest absolute Gasteiger partial charge is 0.220 e. The van der Waals surface area contributed by atoms with Crippen molar-refractivity contribution in [2.24, 2.45) is 0 Å². The number of hydrogen-bond donors (Lipinski definition) is 2. The number of hydrogen-bond acceptors (Lipinski definition) is 4. The monoisotopic (exact) mass is 322 g/mol. The topological polar surface area (TPSA) is 54.3 Å². The van der Waals surface area contributed by atoms with Gasteiger partial charge in [-0.2, -0.15) is 0 Å². The van der Waals surface area contributed by atoms with E-state index in [4.69, 9.17) is 4.42 Å². The number of furan rings is 1. The first kappa shape index (κ1) is 15.2. The zero-order valence-electron chi connectivity index (χ0n) is 12.2. The molecule has 0 aliphatic carbocycles. The molecule has 118 valence electrons. The van der Waals surface area contributed by atoms with Crippen molar-refractivity contribution in [1.29, 1.82) is 0 Å². The van der Waals surface area contributed by atoms with Gasteiger partial charge in [0, 0.05) is 32.0 Å². The number of nitrogens with one attached hydrogen (secondary N) is 2. The number of aryl methyl sites for hydroxylation is 1. The third-order valence-electron chi connectivity index (χ3n) is 3.74. The summed E-state index contributed by atoms with van der Waals surface area (Å²) in [5, 5.41) is 7.89. The van der Waals surface area contributed by atoms with Gasteiger partial charge in [-0.1, -0.05) is 6.07 Å². The number of carbonyl (C=O) groups excluding carboxylic acids is 1. The third kappa shape index (κ3) is 3.96. The first-order valence-electron chi connectivity index (χ1n) is 7.47. The molecule has 2 aromatic rings. The molecule has 0 aromatic carbocycles. The van der Waals surface area contributed by atoms with E-state index in [0.29, 0.717) is 32.4 Å². The normalized spacial score (nSPS) is 21.1. The Hall–Kier alpha value is -1.66. The van der Waals surface area contributed by atoms with Crippen LogP contribution in [0.4, 0.5) is 4.39 Å². The summed E-state index contributed by atoms with van der Waals surface area (Å²) >= 11 is 1.63. The molecule has 2 aromatic heterocycles. The minimum Gasteiger partial charge on any atom is -0.460 e. The number of alkyl halides is 1. The average Bonchev–Trinajstić information content (AvgIpc) is 3.23. The lowest BCUT2D eigenvalue weighted by atomic mass is 10.2. The quantitative estimate of drug-likeness (QED) is 0.860. The van der Waals surface area contributed by atoms with E-state index in [0.717, 1.165) is 16.4 Å². The molecular weight excluding hydrogens is 303 g/mol. The van der Waals surface area contributed by atoms with Crippen LogP contribution < -0.4 is 10.6 Å². The molecule has 2 N–H and O–H groups in total. The fourth-order valence-corrected chi connectivity index (χ4v) is 3.24. The van der Waals surface area contributed by atoms with Crippen molar-refractivity contribution in [3.8, 4) is 10.6 Å². The molecule has 1 amide bonds. The van der Waals surface area contributed by atoms with Crippen LogP contribution in [0.25, 0.3) is 10.6 Å². The van der Waals surface area contributed by atoms with Gasteiger partial charge in [-0.25, -0.2) is 4.39 Å². The second-order valence-corrected chi connectivity index (χ2v) is 6.43. The molecule has 1 aliphatic heterocycles. The van der Waals surface area contributed by atoms with E-state index in [1.54, 1.807) is 11.3 Å². The van der Waals surface area contributed by atoms with Crippen LogP contribution in [0.5, 0.6) is 0 Å². The lowest BCUT2D eigenvalue weighted by molar-refractivity contribution is -0.121. The highest BCUT2D eigenvalue weighted by atomic mass is 32.1. The zero-order valence-corrected chi connectivity index (χ0v) is 13.0. The van der Waals surface area contributed by atoms with Crippen molar-refractivity contribution >= 4 is 17.2 Å². The molecule has 3 rings (SSSR count). The highest BCUT2D eigenvalue weighted by molar-refractivity contribution is 7.13. The van der Waals surface area contributed by atoms with Gasteiger partial charge in [-0.15, -0.1) is 11.3 Å². The Morgan fingerprint density at radius 2 is 2.36 bits per heavy atom. The molecule has 22 heavy (non-hydrogen) atoms. The van der Waals surface area contributed by atoms with Crippen molar-refractivity contribution in [1.82, 2.24) is 10.6 Å². The van der Waals surface area contributed by atoms with Crippen molar-refractivity contribution in [2.75, 3.05) is 13.1 Å². The molecule has 0 saturated carbocycles. The van der Waals surface area contributed by atoms with Crippen LogP contribution in [-0.2, 0) is 11.2 Å². The molecule has 3 heterocycles. The maximum absolute atomic E-state index is 13.0. The molecular formula is C16H19FN2O2S. The summed E-state index contributed by atoms with van der Waals surface area (Å²) in [6.45, 7) is 0.871. The van der Waals surface area contributed by atoms with Gasteiger partial charge in [0.15, 0.2) is 0 Å². The summed E-state index contributed by atoms with van der Waals surface area (Å²) in [5.41, 5.74) is 0. The molecule has 4 nitrogen and oxygen atoms in total. The maximum atomic E-state index is 13.0. The standard InChI is InChI=1S/C16H19FN2O2S/c17-11-8-12(18-9-11)10-19-16(20)6-4-13-3-5-14(21-13)15-2-1-7-22-15/h1-3,5,7,11-12,18H,4,6,8-10H2,(H,19,20). The summed E-state index contributed by atoms with van der Waals surface area (Å²) in [5.74, 6) is 1.62. The van der Waals surface area contributed by atoms with Crippen LogP contribution in [0.3, 0.4) is 0 Å². The Morgan fingerprint density at radius 3 is 3.09 bits per heavy atom. The lowest BCUT2D eigenvalue weighted by Crippen LogP contribution is -2.37. The van der Waals surface area contributed by atoms with E-state index >= 15 is 0 Å². The van der Waals surface area contributed by atoms with Crippen LogP contribution in [0.2, 0.25) is 0 Å². The second-order valence-electron chi connectivity index (χ2n) is 5.49. The Balaban J connectivity index is 1.41. The summed E-state index contributed by atoms with van der Waals surface area (Å²) in [7, 11) is 0. The number of amides is 1. The second kappa shape index (κ2) is 7.07. The van der Waals surface area contributed by atoms with Crippen LogP contribution in [0.1, 0.15) is 18.6 Å². The van der Waals surface area contributed by atoms with E-state index < -0.39 is 6.17 Å². The molecule has 0 spiro atoms. The summed E-state index contributed by atoms with van der Waals surface area (Å²) < 4.78 is 18.7. The molecule has 1 fully saturated rings. The Labute approximate surface area is 132 Å². The molecule has 1 saturated heterocycles. The van der Waals surface area contributed by atoms with E-state index in [1.807, 2.05) is 29.6 Å². The predicted octanol–water partition coefficient (Wildman–Crippen LogP) is 2.76. The van der Waals surface area contributed by atoms with E-state index in [-0.39, 0.29) is 11.9 Å². The molecule has 1 aliphatic rings. The first-order chi connectivity index (χ1) is 10.7. The van der Waals surface area contributed by atoms with Gasteiger partial charge in [0.2, 0.25) is 5.91 Å².